The van der Waals surface area contributed by atoms with Crippen LogP contribution in [0.3, 0.4) is 0 Å². The summed E-state index contributed by atoms with van der Waals surface area (Å²) in [4.78, 5) is 18.5. The monoisotopic (exact) mass is 408 g/mol. The molecule has 3 N–H and O–H groups in total. The summed E-state index contributed by atoms with van der Waals surface area (Å²) in [7, 11) is 1.75. The van der Waals surface area contributed by atoms with E-state index < -0.39 is 5.92 Å². The van der Waals surface area contributed by atoms with Gasteiger partial charge in [-0.25, -0.2) is 4.39 Å². The van der Waals surface area contributed by atoms with Crippen LogP contribution in [0.5, 0.6) is 0 Å². The molecule has 5 nitrogen and oxygen atoms in total. The minimum absolute atomic E-state index is 0.293. The van der Waals surface area contributed by atoms with Crippen LogP contribution >= 0.6 is 0 Å². The highest BCUT2D eigenvalue weighted by Gasteiger charge is 2.21. The van der Waals surface area contributed by atoms with Crippen molar-refractivity contribution < 1.29 is 9.18 Å². The fraction of sp³-hybridized carbons (Fsp3) is 0.333. The van der Waals surface area contributed by atoms with E-state index in [0.717, 1.165) is 37.5 Å². The molecule has 3 rings (SSSR count). The minimum atomic E-state index is -0.398. The Morgan fingerprint density at radius 2 is 1.83 bits per heavy atom. The van der Waals surface area contributed by atoms with E-state index in [2.05, 4.69) is 33.4 Å². The Morgan fingerprint density at radius 3 is 2.43 bits per heavy atom. The van der Waals surface area contributed by atoms with Crippen LogP contribution in [0, 0.1) is 11.7 Å². The topological polar surface area (TPSA) is 70.7 Å². The van der Waals surface area contributed by atoms with Crippen LogP contribution in [-0.4, -0.2) is 43.4 Å². The fourth-order valence-electron chi connectivity index (χ4n) is 3.66. The molecule has 1 aliphatic heterocycles. The Morgan fingerprint density at radius 1 is 1.17 bits per heavy atom. The number of likely N-dealkylation sites (tertiary alicyclic amines) is 1. The number of nitrogens with zero attached hydrogens (tertiary/aromatic N) is 2. The van der Waals surface area contributed by atoms with Crippen molar-refractivity contribution in [2.45, 2.75) is 19.3 Å². The van der Waals surface area contributed by atoms with E-state index in [1.54, 1.807) is 19.2 Å². The largest absolute Gasteiger partial charge is 0.369 e. The molecule has 0 spiro atoms. The summed E-state index contributed by atoms with van der Waals surface area (Å²) < 4.78 is 13.1. The Kier molecular flexibility index (Phi) is 7.60. The number of aliphatic imine (C=N–C) groups is 1. The zero-order chi connectivity index (χ0) is 21.3. The van der Waals surface area contributed by atoms with Crippen molar-refractivity contribution >= 4 is 17.9 Å². The number of amides is 1. The van der Waals surface area contributed by atoms with Gasteiger partial charge in [0.15, 0.2) is 5.96 Å². The molecular formula is C24H29FN4O. The second-order valence-electron chi connectivity index (χ2n) is 7.56. The van der Waals surface area contributed by atoms with Gasteiger partial charge in [0.2, 0.25) is 5.91 Å². The lowest BCUT2D eigenvalue weighted by atomic mass is 9.98. The third kappa shape index (κ3) is 6.17. The summed E-state index contributed by atoms with van der Waals surface area (Å²) in [6.07, 6.45) is 4.68. The number of benzene rings is 2. The van der Waals surface area contributed by atoms with Gasteiger partial charge in [-0.05, 0) is 42.5 Å². The van der Waals surface area contributed by atoms with E-state index >= 15 is 0 Å². The van der Waals surface area contributed by atoms with Gasteiger partial charge >= 0.3 is 0 Å². The molecule has 1 amide bonds. The Balaban J connectivity index is 1.54. The van der Waals surface area contributed by atoms with Gasteiger partial charge in [-0.1, -0.05) is 54.1 Å². The molecule has 0 aromatic heterocycles. The summed E-state index contributed by atoms with van der Waals surface area (Å²) >= 11 is 0. The molecule has 1 heterocycles. The van der Waals surface area contributed by atoms with Crippen LogP contribution in [0.4, 0.5) is 4.39 Å². The van der Waals surface area contributed by atoms with Crippen molar-refractivity contribution in [2.75, 3.05) is 26.7 Å². The normalized spacial score (nSPS) is 15.6. The first kappa shape index (κ1) is 21.6. The molecule has 30 heavy (non-hydrogen) atoms. The highest BCUT2D eigenvalue weighted by atomic mass is 19.1. The predicted molar refractivity (Wildman–Crippen MR) is 119 cm³/mol. The number of nitrogens with two attached hydrogens (primary N) is 1. The Bertz CT molecular complexity index is 883. The van der Waals surface area contributed by atoms with Crippen LogP contribution in [-0.2, 0) is 11.2 Å². The highest BCUT2D eigenvalue weighted by Crippen LogP contribution is 2.19. The Labute approximate surface area is 177 Å². The lowest BCUT2D eigenvalue weighted by Gasteiger charge is -2.32. The van der Waals surface area contributed by atoms with E-state index in [-0.39, 0.29) is 11.7 Å². The maximum absolute atomic E-state index is 13.1. The molecule has 0 saturated carbocycles. The molecule has 1 atom stereocenters. The van der Waals surface area contributed by atoms with Gasteiger partial charge in [-0.15, -0.1) is 0 Å². The lowest BCUT2D eigenvalue weighted by Crippen LogP contribution is -2.47. The Hall–Kier alpha value is -3.15. The van der Waals surface area contributed by atoms with E-state index in [1.807, 2.05) is 18.2 Å². The fourth-order valence-corrected chi connectivity index (χ4v) is 3.66. The van der Waals surface area contributed by atoms with Crippen molar-refractivity contribution in [3.05, 3.63) is 77.1 Å². The first-order chi connectivity index (χ1) is 14.5. The second-order valence-corrected chi connectivity index (χ2v) is 7.56. The number of primary amides is 1. The van der Waals surface area contributed by atoms with Gasteiger partial charge in [-0.2, -0.15) is 0 Å². The number of carbonyl (C=O) groups excluding carboxylic acids is 1. The van der Waals surface area contributed by atoms with Gasteiger partial charge in [0.1, 0.15) is 5.82 Å². The van der Waals surface area contributed by atoms with E-state index in [4.69, 9.17) is 5.73 Å². The first-order valence-corrected chi connectivity index (χ1v) is 10.3. The number of carbonyl (C=O) groups is 1. The molecule has 0 bridgehead atoms. The summed E-state index contributed by atoms with van der Waals surface area (Å²) in [5, 5.41) is 3.30. The zero-order valence-corrected chi connectivity index (χ0v) is 17.4. The van der Waals surface area contributed by atoms with Crippen molar-refractivity contribution in [3.63, 3.8) is 0 Å². The van der Waals surface area contributed by atoms with Crippen LogP contribution < -0.4 is 11.1 Å². The minimum Gasteiger partial charge on any atom is -0.369 e. The number of piperidine rings is 1. The lowest BCUT2D eigenvalue weighted by molar-refractivity contribution is -0.121. The van der Waals surface area contributed by atoms with E-state index in [0.29, 0.717) is 13.0 Å². The number of guanidine groups is 1. The molecule has 2 aromatic carbocycles. The number of halogens is 1. The number of hydrogen-bond donors (Lipinski definition) is 2. The van der Waals surface area contributed by atoms with E-state index in [1.165, 1.54) is 23.3 Å². The van der Waals surface area contributed by atoms with Gasteiger partial charge in [0, 0.05) is 26.7 Å². The zero-order valence-electron chi connectivity index (χ0n) is 17.4. The van der Waals surface area contributed by atoms with Crippen LogP contribution in [0.1, 0.15) is 24.0 Å². The number of nitrogens with one attached hydrogen (secondary N) is 1. The third-order valence-electron chi connectivity index (χ3n) is 5.39. The maximum Gasteiger partial charge on any atom is 0.222 e. The smallest absolute Gasteiger partial charge is 0.222 e. The first-order valence-electron chi connectivity index (χ1n) is 10.3. The van der Waals surface area contributed by atoms with Gasteiger partial charge in [0.25, 0.3) is 0 Å². The number of rotatable bonds is 6. The molecule has 158 valence electrons. The van der Waals surface area contributed by atoms with Crippen molar-refractivity contribution in [1.29, 1.82) is 0 Å². The van der Waals surface area contributed by atoms with Gasteiger partial charge in [-0.3, -0.25) is 9.79 Å². The van der Waals surface area contributed by atoms with Gasteiger partial charge in [0.05, 0.1) is 5.92 Å². The molecule has 1 unspecified atom stereocenters. The summed E-state index contributed by atoms with van der Waals surface area (Å²) in [6.45, 7) is 2.14. The molecule has 1 aliphatic rings. The summed E-state index contributed by atoms with van der Waals surface area (Å²) in [5.41, 5.74) is 9.14. The molecule has 6 heteroatoms. The van der Waals surface area contributed by atoms with Crippen molar-refractivity contribution in [2.24, 2.45) is 16.6 Å². The molecule has 1 saturated heterocycles. The average molecular weight is 409 g/mol. The average Bonchev–Trinajstić information content (AvgIpc) is 2.76. The highest BCUT2D eigenvalue weighted by molar-refractivity contribution is 5.82. The van der Waals surface area contributed by atoms with Crippen LogP contribution in [0.25, 0.3) is 6.08 Å². The molecule has 0 aliphatic carbocycles. The third-order valence-corrected chi connectivity index (χ3v) is 5.39. The maximum atomic E-state index is 13.1. The van der Waals surface area contributed by atoms with E-state index in [9.17, 15) is 9.18 Å². The van der Waals surface area contributed by atoms with Crippen molar-refractivity contribution in [1.82, 2.24) is 10.2 Å². The standard InChI is InChI=1S/C24H29FN4O/c1-27-24(28-17-21(23(26)30)16-19-7-9-22(25)10-8-19)29-13-11-20(12-14-29)15-18-5-3-2-4-6-18/h2-10,15,21H,11-14,16-17H2,1H3,(H2,26,30)(H,27,28). The molecule has 0 radical (unpaired) electrons. The second kappa shape index (κ2) is 10.6. The SMILES string of the molecule is CN=C(NCC(Cc1ccc(F)cc1)C(N)=O)N1CCC(=Cc2ccccc2)CC1. The van der Waals surface area contributed by atoms with Crippen LogP contribution in [0.2, 0.25) is 0 Å². The molecule has 2 aromatic rings. The summed E-state index contributed by atoms with van der Waals surface area (Å²) in [6, 6.07) is 16.5. The predicted octanol–water partition coefficient (Wildman–Crippen LogP) is 3.22. The van der Waals surface area contributed by atoms with Crippen molar-refractivity contribution in [3.8, 4) is 0 Å². The molecular weight excluding hydrogens is 379 g/mol. The van der Waals surface area contributed by atoms with Gasteiger partial charge < -0.3 is 16.0 Å². The summed E-state index contributed by atoms with van der Waals surface area (Å²) in [5.74, 6) is -0.294. The molecule has 1 fully saturated rings. The van der Waals surface area contributed by atoms with Crippen LogP contribution in [0.15, 0.2) is 65.2 Å². The number of hydrogen-bond acceptors (Lipinski definition) is 2. The quantitative estimate of drug-likeness (QED) is 0.570.